The van der Waals surface area contributed by atoms with Crippen molar-refractivity contribution in [3.8, 4) is 0 Å². The second kappa shape index (κ2) is 7.70. The van der Waals surface area contributed by atoms with Crippen molar-refractivity contribution in [1.82, 2.24) is 0 Å². The lowest BCUT2D eigenvalue weighted by molar-refractivity contribution is 0.112. The molecule has 1 aromatic carbocycles. The van der Waals surface area contributed by atoms with Crippen molar-refractivity contribution in [2.24, 2.45) is 0 Å². The number of aliphatic hydroxyl groups is 2. The zero-order valence-corrected chi connectivity index (χ0v) is 9.32. The fourth-order valence-electron chi connectivity index (χ4n) is 1.03. The zero-order chi connectivity index (χ0) is 10.9. The standard InChI is InChI=1S/C11H16O3S/c12-6-11(13)8-15-9-14-7-10-4-2-1-3-5-10/h1-5,11-13H,6-9H2. The number of rotatable bonds is 7. The molecule has 0 fully saturated rings. The molecule has 0 aliphatic heterocycles. The summed E-state index contributed by atoms with van der Waals surface area (Å²) in [6.45, 7) is 0.398. The molecule has 0 saturated heterocycles. The van der Waals surface area contributed by atoms with Crippen molar-refractivity contribution in [2.45, 2.75) is 12.7 Å². The van der Waals surface area contributed by atoms with E-state index >= 15 is 0 Å². The Labute approximate surface area is 94.1 Å². The second-order valence-electron chi connectivity index (χ2n) is 3.16. The maximum atomic E-state index is 9.05. The van der Waals surface area contributed by atoms with Crippen molar-refractivity contribution in [1.29, 1.82) is 0 Å². The van der Waals surface area contributed by atoms with Gasteiger partial charge in [-0.3, -0.25) is 0 Å². The molecule has 15 heavy (non-hydrogen) atoms. The van der Waals surface area contributed by atoms with Crippen molar-refractivity contribution < 1.29 is 14.9 Å². The molecule has 2 N–H and O–H groups in total. The molecular weight excluding hydrogens is 212 g/mol. The predicted molar refractivity (Wildman–Crippen MR) is 61.6 cm³/mol. The lowest BCUT2D eigenvalue weighted by atomic mass is 10.2. The molecule has 1 aromatic rings. The van der Waals surface area contributed by atoms with Gasteiger partial charge in [-0.05, 0) is 5.56 Å². The van der Waals surface area contributed by atoms with Crippen LogP contribution in [0.3, 0.4) is 0 Å². The Morgan fingerprint density at radius 3 is 2.67 bits per heavy atom. The van der Waals surface area contributed by atoms with Crippen LogP contribution in [-0.2, 0) is 11.3 Å². The normalized spacial score (nSPS) is 12.7. The first-order valence-electron chi connectivity index (χ1n) is 4.81. The molecule has 84 valence electrons. The van der Waals surface area contributed by atoms with Crippen molar-refractivity contribution in [3.05, 3.63) is 35.9 Å². The second-order valence-corrected chi connectivity index (χ2v) is 4.14. The topological polar surface area (TPSA) is 49.7 Å². The predicted octanol–water partition coefficient (Wildman–Crippen LogP) is 1.25. The van der Waals surface area contributed by atoms with Gasteiger partial charge in [0.25, 0.3) is 0 Å². The van der Waals surface area contributed by atoms with E-state index in [1.54, 1.807) is 0 Å². The Kier molecular flexibility index (Phi) is 6.43. The van der Waals surface area contributed by atoms with Gasteiger partial charge in [-0.1, -0.05) is 30.3 Å². The summed E-state index contributed by atoms with van der Waals surface area (Å²) in [6, 6.07) is 9.93. The summed E-state index contributed by atoms with van der Waals surface area (Å²) < 4.78 is 5.38. The Bertz CT molecular complexity index is 253. The highest BCUT2D eigenvalue weighted by Gasteiger charge is 2.00. The van der Waals surface area contributed by atoms with Gasteiger partial charge in [0, 0.05) is 5.75 Å². The van der Waals surface area contributed by atoms with Crippen molar-refractivity contribution in [3.63, 3.8) is 0 Å². The maximum Gasteiger partial charge on any atom is 0.0926 e. The summed E-state index contributed by atoms with van der Waals surface area (Å²) in [5, 5.41) is 17.6. The minimum atomic E-state index is -0.643. The highest BCUT2D eigenvalue weighted by Crippen LogP contribution is 2.06. The summed E-state index contributed by atoms with van der Waals surface area (Å²) in [6.07, 6.45) is -0.643. The first kappa shape index (κ1) is 12.5. The number of thioether (sulfide) groups is 1. The fourth-order valence-corrected chi connectivity index (χ4v) is 1.70. The Morgan fingerprint density at radius 1 is 1.27 bits per heavy atom. The number of ether oxygens (including phenoxy) is 1. The largest absolute Gasteiger partial charge is 0.394 e. The highest BCUT2D eigenvalue weighted by molar-refractivity contribution is 7.99. The van der Waals surface area contributed by atoms with Crippen molar-refractivity contribution in [2.75, 3.05) is 18.3 Å². The van der Waals surface area contributed by atoms with E-state index in [4.69, 9.17) is 14.9 Å². The molecule has 0 saturated carbocycles. The van der Waals surface area contributed by atoms with Gasteiger partial charge in [0.1, 0.15) is 0 Å². The van der Waals surface area contributed by atoms with Crippen LogP contribution in [0, 0.1) is 0 Å². The van der Waals surface area contributed by atoms with Gasteiger partial charge in [-0.15, -0.1) is 11.8 Å². The average Bonchev–Trinajstić information content (AvgIpc) is 2.29. The maximum absolute atomic E-state index is 9.05. The van der Waals surface area contributed by atoms with Crippen LogP contribution in [0.15, 0.2) is 30.3 Å². The van der Waals surface area contributed by atoms with E-state index in [1.165, 1.54) is 11.8 Å². The lowest BCUT2D eigenvalue weighted by Gasteiger charge is -2.07. The van der Waals surface area contributed by atoms with Crippen LogP contribution < -0.4 is 0 Å². The minimum Gasteiger partial charge on any atom is -0.394 e. The van der Waals surface area contributed by atoms with Gasteiger partial charge in [-0.25, -0.2) is 0 Å². The van der Waals surface area contributed by atoms with E-state index in [-0.39, 0.29) is 6.61 Å². The van der Waals surface area contributed by atoms with Crippen LogP contribution in [-0.4, -0.2) is 34.6 Å². The fraction of sp³-hybridized carbons (Fsp3) is 0.455. The van der Waals surface area contributed by atoms with Crippen LogP contribution in [0.25, 0.3) is 0 Å². The van der Waals surface area contributed by atoms with Gasteiger partial charge in [0.2, 0.25) is 0 Å². The van der Waals surface area contributed by atoms with Crippen LogP contribution in [0.5, 0.6) is 0 Å². The minimum absolute atomic E-state index is 0.189. The van der Waals surface area contributed by atoms with Crippen LogP contribution in [0.2, 0.25) is 0 Å². The number of hydrogen-bond acceptors (Lipinski definition) is 4. The summed E-state index contributed by atoms with van der Waals surface area (Å²) >= 11 is 1.47. The summed E-state index contributed by atoms with van der Waals surface area (Å²) in [7, 11) is 0. The summed E-state index contributed by atoms with van der Waals surface area (Å²) in [5.74, 6) is 1.04. The first-order valence-corrected chi connectivity index (χ1v) is 5.96. The molecule has 3 nitrogen and oxygen atoms in total. The summed E-state index contributed by atoms with van der Waals surface area (Å²) in [4.78, 5) is 0. The molecule has 0 aliphatic carbocycles. The van der Waals surface area contributed by atoms with E-state index in [1.807, 2.05) is 30.3 Å². The van der Waals surface area contributed by atoms with E-state index in [2.05, 4.69) is 0 Å². The SMILES string of the molecule is OCC(O)CSCOCc1ccccc1. The molecule has 0 amide bonds. The quantitative estimate of drug-likeness (QED) is 0.544. The van der Waals surface area contributed by atoms with Crippen LogP contribution in [0.1, 0.15) is 5.56 Å². The molecule has 0 spiro atoms. The molecule has 0 aromatic heterocycles. The van der Waals surface area contributed by atoms with E-state index in [0.29, 0.717) is 18.3 Å². The molecular formula is C11H16O3S. The van der Waals surface area contributed by atoms with Gasteiger partial charge >= 0.3 is 0 Å². The number of benzene rings is 1. The smallest absolute Gasteiger partial charge is 0.0926 e. The van der Waals surface area contributed by atoms with Gasteiger partial charge < -0.3 is 14.9 Å². The molecule has 0 radical (unpaired) electrons. The van der Waals surface area contributed by atoms with E-state index in [0.717, 1.165) is 5.56 Å². The average molecular weight is 228 g/mol. The zero-order valence-electron chi connectivity index (χ0n) is 8.50. The van der Waals surface area contributed by atoms with E-state index < -0.39 is 6.10 Å². The van der Waals surface area contributed by atoms with Gasteiger partial charge in [0.05, 0.1) is 25.3 Å². The van der Waals surface area contributed by atoms with Crippen LogP contribution >= 0.6 is 11.8 Å². The molecule has 1 unspecified atom stereocenters. The lowest BCUT2D eigenvalue weighted by Crippen LogP contribution is -2.15. The molecule has 1 atom stereocenters. The van der Waals surface area contributed by atoms with Crippen molar-refractivity contribution >= 4 is 11.8 Å². The van der Waals surface area contributed by atoms with E-state index in [9.17, 15) is 0 Å². The van der Waals surface area contributed by atoms with Crippen LogP contribution in [0.4, 0.5) is 0 Å². The molecule has 1 rings (SSSR count). The Morgan fingerprint density at radius 2 is 2.00 bits per heavy atom. The molecule has 0 aliphatic rings. The third kappa shape index (κ3) is 5.79. The first-order chi connectivity index (χ1) is 7.33. The van der Waals surface area contributed by atoms with Gasteiger partial charge in [-0.2, -0.15) is 0 Å². The molecule has 4 heteroatoms. The highest BCUT2D eigenvalue weighted by atomic mass is 32.2. The number of hydrogen-bond donors (Lipinski definition) is 2. The molecule has 0 bridgehead atoms. The Hall–Kier alpha value is -0.550. The number of aliphatic hydroxyl groups excluding tert-OH is 2. The Balaban J connectivity index is 2.03. The monoisotopic (exact) mass is 228 g/mol. The molecule has 0 heterocycles. The third-order valence-electron chi connectivity index (χ3n) is 1.80. The van der Waals surface area contributed by atoms with Gasteiger partial charge in [0.15, 0.2) is 0 Å². The summed E-state index contributed by atoms with van der Waals surface area (Å²) in [5.41, 5.74) is 1.14. The third-order valence-corrected chi connectivity index (χ3v) is 2.75.